The molecule has 0 saturated carbocycles. The maximum Gasteiger partial charge on any atom is 0.335 e. The van der Waals surface area contributed by atoms with Gasteiger partial charge in [0.2, 0.25) is 5.79 Å². The summed E-state index contributed by atoms with van der Waals surface area (Å²) in [5.74, 6) is -4.41. The number of hydrogen-bond donors (Lipinski definition) is 4. The van der Waals surface area contributed by atoms with Crippen LogP contribution in [-0.2, 0) is 47.5 Å². The quantitative estimate of drug-likeness (QED) is 0.145. The Kier molecular flexibility index (Phi) is 13.8. The number of carboxylic acids is 1. The van der Waals surface area contributed by atoms with Crippen LogP contribution in [0.15, 0.2) is 36.0 Å². The van der Waals surface area contributed by atoms with E-state index in [0.717, 1.165) is 37.7 Å². The first kappa shape index (κ1) is 45.8. The maximum absolute atomic E-state index is 12.5. The topological polar surface area (TPSA) is 189 Å². The van der Waals surface area contributed by atoms with Crippen LogP contribution in [0.4, 0.5) is 0 Å². The lowest BCUT2D eigenvalue weighted by Crippen LogP contribution is -2.60. The zero-order valence-electron chi connectivity index (χ0n) is 36.4. The van der Waals surface area contributed by atoms with E-state index in [1.807, 2.05) is 19.9 Å². The molecule has 338 valence electrons. The Bertz CT molecular complexity index is 1620. The van der Waals surface area contributed by atoms with E-state index in [-0.39, 0.29) is 36.6 Å². The molecule has 17 atom stereocenters. The van der Waals surface area contributed by atoms with Crippen LogP contribution in [0.3, 0.4) is 0 Å². The van der Waals surface area contributed by atoms with Crippen molar-refractivity contribution in [2.75, 3.05) is 6.61 Å². The van der Waals surface area contributed by atoms with Gasteiger partial charge in [-0.2, -0.15) is 0 Å². The molecule has 0 aromatic heterocycles. The molecule has 7 aliphatic rings. The fourth-order valence-corrected chi connectivity index (χ4v) is 10.8. The summed E-state index contributed by atoms with van der Waals surface area (Å²) in [6.07, 6.45) is 9.14. The molecule has 14 heteroatoms. The van der Waals surface area contributed by atoms with E-state index in [4.69, 9.17) is 37.9 Å². The van der Waals surface area contributed by atoms with Gasteiger partial charge in [-0.05, 0) is 95.1 Å². The van der Waals surface area contributed by atoms with Gasteiger partial charge >= 0.3 is 11.9 Å². The Morgan fingerprint density at radius 2 is 1.75 bits per heavy atom. The van der Waals surface area contributed by atoms with Gasteiger partial charge < -0.3 is 58.3 Å². The molecule has 4 N–H and O–H groups in total. The molecule has 0 radical (unpaired) electrons. The zero-order chi connectivity index (χ0) is 43.2. The van der Waals surface area contributed by atoms with Crippen molar-refractivity contribution in [3.05, 3.63) is 36.0 Å². The number of rotatable bonds is 11. The summed E-state index contributed by atoms with van der Waals surface area (Å²) in [6.45, 7) is 15.9. The second kappa shape index (κ2) is 18.1. The van der Waals surface area contributed by atoms with Crippen molar-refractivity contribution in [2.24, 2.45) is 17.8 Å². The molecule has 7 heterocycles. The third-order valence-corrected chi connectivity index (χ3v) is 14.3. The van der Waals surface area contributed by atoms with Gasteiger partial charge in [-0.15, -0.1) is 0 Å². The highest BCUT2D eigenvalue weighted by atomic mass is 16.7. The summed E-state index contributed by atoms with van der Waals surface area (Å²) in [7, 11) is 0. The van der Waals surface area contributed by atoms with Crippen molar-refractivity contribution in [3.63, 3.8) is 0 Å². The second-order valence-corrected chi connectivity index (χ2v) is 19.4. The Morgan fingerprint density at radius 3 is 2.47 bits per heavy atom. The number of esters is 1. The molecule has 7 aliphatic heterocycles. The Balaban J connectivity index is 0.952. The molecular weight excluding hydrogens is 776 g/mol. The molecule has 8 unspecified atom stereocenters. The number of ether oxygens (including phenoxy) is 8. The van der Waals surface area contributed by atoms with Crippen LogP contribution in [0, 0.1) is 17.8 Å². The highest BCUT2D eigenvalue weighted by Gasteiger charge is 2.55. The lowest BCUT2D eigenvalue weighted by atomic mass is 9.79. The molecule has 0 aliphatic carbocycles. The van der Waals surface area contributed by atoms with Gasteiger partial charge in [0.15, 0.2) is 17.2 Å². The van der Waals surface area contributed by atoms with Crippen LogP contribution in [0.5, 0.6) is 0 Å². The van der Waals surface area contributed by atoms with E-state index in [2.05, 4.69) is 26.5 Å². The molecule has 14 nitrogen and oxygen atoms in total. The first-order valence-corrected chi connectivity index (χ1v) is 22.5. The number of hydrogen-bond acceptors (Lipinski definition) is 13. The zero-order valence-corrected chi connectivity index (χ0v) is 36.4. The minimum Gasteiger partial charge on any atom is -0.479 e. The molecule has 0 amide bonds. The first-order chi connectivity index (χ1) is 28.3. The summed E-state index contributed by atoms with van der Waals surface area (Å²) in [5.41, 5.74) is -0.568. The average molecular weight is 847 g/mol. The Morgan fingerprint density at radius 1 is 1.00 bits per heavy atom. The predicted molar refractivity (Wildman–Crippen MR) is 217 cm³/mol. The average Bonchev–Trinajstić information content (AvgIpc) is 3.59. The summed E-state index contributed by atoms with van der Waals surface area (Å²) in [4.78, 5) is 24.1. The number of aliphatic hydroxyl groups excluding tert-OH is 2. The van der Waals surface area contributed by atoms with Gasteiger partial charge in [-0.25, -0.2) is 4.79 Å². The fourth-order valence-electron chi connectivity index (χ4n) is 10.8. The van der Waals surface area contributed by atoms with Gasteiger partial charge in [0.25, 0.3) is 0 Å². The minimum atomic E-state index is -1.97. The monoisotopic (exact) mass is 846 g/mol. The fraction of sp³-hybridized carbons (Fsp3) is 0.826. The summed E-state index contributed by atoms with van der Waals surface area (Å²) in [6, 6.07) is 0. The number of fused-ring (bicyclic) bond motifs is 1. The Hall–Kier alpha value is -2.24. The maximum atomic E-state index is 12.5. The number of aliphatic hydroxyl groups is 3. The largest absolute Gasteiger partial charge is 0.479 e. The number of aliphatic carboxylic acids is 1. The van der Waals surface area contributed by atoms with E-state index in [1.54, 1.807) is 6.08 Å². The van der Waals surface area contributed by atoms with Gasteiger partial charge in [-0.1, -0.05) is 45.1 Å². The van der Waals surface area contributed by atoms with Crippen molar-refractivity contribution in [3.8, 4) is 0 Å². The van der Waals surface area contributed by atoms with Crippen LogP contribution in [0.1, 0.15) is 131 Å². The van der Waals surface area contributed by atoms with Crippen LogP contribution in [-0.4, -0.2) is 123 Å². The van der Waals surface area contributed by atoms with E-state index >= 15 is 0 Å². The smallest absolute Gasteiger partial charge is 0.335 e. The van der Waals surface area contributed by atoms with Crippen LogP contribution < -0.4 is 0 Å². The van der Waals surface area contributed by atoms with E-state index in [1.165, 1.54) is 13.8 Å². The van der Waals surface area contributed by atoms with Crippen LogP contribution in [0.2, 0.25) is 0 Å². The molecule has 0 aromatic carbocycles. The summed E-state index contributed by atoms with van der Waals surface area (Å²) in [5, 5.41) is 42.8. The lowest BCUT2D eigenvalue weighted by molar-refractivity contribution is -0.321. The SMILES string of the molecule is C=C1C(O)C2OC3(CCC(/C=C/[C@@H](C)[C@@H]4CC(C)=CC5(O[C@H](C[C@@](C)(O)C(=O)O)CCC5O)O4)O3)CC[C@H]2O[C@@H]1C(C[C@H](C)[C@H]1O[C@@]2(CCCCO2)CCC1C)OC(C)=O. The standard InChI is InChI=1S/C46H70O14/c1-26-22-35(58-46(24-26)37(48)13-12-33(57-46)25-43(7,52)42(50)51)27(2)10-11-32-15-19-45(56-32)20-16-34-41(60-45)38(49)30(5)40(55-34)36(54-31(6)47)23-29(4)39-28(3)14-18-44(59-39)17-8-9-21-53-44/h10-11,24,27-29,32-41,48-49,52H,5,8-9,12-23,25H2,1-4,6-7H3,(H,50,51)/b11-10+/t27-,28?,29+,32?,33+,34-,35+,36?,37?,38?,39+,40+,41?,43-,44+,45?,46?/m1/s1. The van der Waals surface area contributed by atoms with E-state index in [0.29, 0.717) is 69.5 Å². The lowest BCUT2D eigenvalue weighted by Gasteiger charge is -2.50. The van der Waals surface area contributed by atoms with Crippen molar-refractivity contribution < 1.29 is 67.9 Å². The number of carboxylic acid groups (broad SMARTS) is 1. The molecule has 7 rings (SSSR count). The van der Waals surface area contributed by atoms with E-state index < -0.39 is 77.6 Å². The number of carbonyl (C=O) groups excluding carboxylic acids is 1. The van der Waals surface area contributed by atoms with Crippen molar-refractivity contribution in [1.29, 1.82) is 0 Å². The van der Waals surface area contributed by atoms with Crippen molar-refractivity contribution in [2.45, 2.75) is 215 Å². The summed E-state index contributed by atoms with van der Waals surface area (Å²) >= 11 is 0. The number of carbonyl (C=O) groups is 2. The van der Waals surface area contributed by atoms with Gasteiger partial charge in [-0.3, -0.25) is 4.79 Å². The highest BCUT2D eigenvalue weighted by Crippen LogP contribution is 2.48. The van der Waals surface area contributed by atoms with Gasteiger partial charge in [0.1, 0.15) is 30.5 Å². The van der Waals surface area contributed by atoms with Gasteiger partial charge in [0, 0.05) is 44.9 Å². The molecule has 0 bridgehead atoms. The molecule has 0 aromatic rings. The molecule has 3 spiro atoms. The van der Waals surface area contributed by atoms with Crippen LogP contribution >= 0.6 is 0 Å². The van der Waals surface area contributed by atoms with Crippen molar-refractivity contribution >= 4 is 11.9 Å². The first-order valence-electron chi connectivity index (χ1n) is 22.5. The predicted octanol–water partition coefficient (Wildman–Crippen LogP) is 5.78. The second-order valence-electron chi connectivity index (χ2n) is 19.4. The molecule has 6 fully saturated rings. The van der Waals surface area contributed by atoms with E-state index in [9.17, 15) is 30.0 Å². The summed E-state index contributed by atoms with van der Waals surface area (Å²) < 4.78 is 51.6. The van der Waals surface area contributed by atoms with Crippen LogP contribution in [0.25, 0.3) is 0 Å². The molecule has 60 heavy (non-hydrogen) atoms. The van der Waals surface area contributed by atoms with Crippen molar-refractivity contribution in [1.82, 2.24) is 0 Å². The highest BCUT2D eigenvalue weighted by molar-refractivity contribution is 5.76. The third-order valence-electron chi connectivity index (χ3n) is 14.3. The normalized spacial score (nSPS) is 43.6. The minimum absolute atomic E-state index is 0.0174. The molecular formula is C46H70O14. The van der Waals surface area contributed by atoms with Gasteiger partial charge in [0.05, 0.1) is 37.1 Å². The third kappa shape index (κ3) is 9.78. The Labute approximate surface area is 354 Å². The molecule has 6 saturated heterocycles.